The molecule has 0 saturated carbocycles. The number of rotatable bonds is 13. The van der Waals surface area contributed by atoms with E-state index in [9.17, 15) is 28.8 Å². The van der Waals surface area contributed by atoms with Crippen molar-refractivity contribution in [2.45, 2.75) is 136 Å². The molecule has 0 aromatic heterocycles. The highest BCUT2D eigenvalue weighted by Gasteiger charge is 2.56. The molecule has 17 heteroatoms. The van der Waals surface area contributed by atoms with E-state index in [0.717, 1.165) is 47.6 Å². The van der Waals surface area contributed by atoms with E-state index in [0.29, 0.717) is 0 Å². The second-order valence-electron chi connectivity index (χ2n) is 12.2. The molecular formula is C29H46O16Si. The lowest BCUT2D eigenvalue weighted by Gasteiger charge is -2.48. The first-order valence-electron chi connectivity index (χ1n) is 14.9. The summed E-state index contributed by atoms with van der Waals surface area (Å²) in [6.45, 7) is 14.6. The summed E-state index contributed by atoms with van der Waals surface area (Å²) < 4.78 is 57.0. The van der Waals surface area contributed by atoms with Crippen molar-refractivity contribution in [2.75, 3.05) is 13.2 Å². The van der Waals surface area contributed by atoms with Gasteiger partial charge in [-0.25, -0.2) is 0 Å². The maximum absolute atomic E-state index is 12.3. The topological polar surface area (TPSA) is 195 Å². The minimum Gasteiger partial charge on any atom is -0.463 e. The number of carbonyl (C=O) groups is 6. The van der Waals surface area contributed by atoms with E-state index in [1.807, 2.05) is 0 Å². The average Bonchev–Trinajstić information content (AvgIpc) is 2.88. The maximum Gasteiger partial charge on any atom is 0.303 e. The van der Waals surface area contributed by atoms with Gasteiger partial charge in [0.2, 0.25) is 0 Å². The quantitative estimate of drug-likeness (QED) is 0.154. The summed E-state index contributed by atoms with van der Waals surface area (Å²) in [6.07, 6.45) is -13.3. The highest BCUT2D eigenvalue weighted by Crippen LogP contribution is 2.35. The fraction of sp³-hybridized carbons (Fsp3) is 0.793. The second kappa shape index (κ2) is 17.1. The average molecular weight is 679 g/mol. The van der Waals surface area contributed by atoms with E-state index >= 15 is 0 Å². The Morgan fingerprint density at radius 1 is 0.565 bits per heavy atom. The molecule has 0 N–H and O–H groups in total. The van der Waals surface area contributed by atoms with E-state index in [1.54, 1.807) is 6.92 Å². The van der Waals surface area contributed by atoms with Crippen LogP contribution in [0, 0.1) is 0 Å². The maximum atomic E-state index is 12.3. The van der Waals surface area contributed by atoms with Crippen molar-refractivity contribution in [3.63, 3.8) is 0 Å². The number of esters is 6. The van der Waals surface area contributed by atoms with Crippen LogP contribution in [0.15, 0.2) is 0 Å². The Bertz CT molecular complexity index is 1110. The van der Waals surface area contributed by atoms with Gasteiger partial charge < -0.3 is 47.4 Å². The lowest BCUT2D eigenvalue weighted by Crippen LogP contribution is -2.66. The molecule has 0 radical (unpaired) electrons. The highest BCUT2D eigenvalue weighted by molar-refractivity contribution is 6.76. The molecule has 0 amide bonds. The number of carbonyl (C=O) groups excluding carboxylic acids is 6. The number of hydrogen-bond acceptors (Lipinski definition) is 16. The molecule has 0 aromatic carbocycles. The molecule has 2 rings (SSSR count). The van der Waals surface area contributed by atoms with Gasteiger partial charge in [0.05, 0.1) is 6.10 Å². The normalized spacial score (nSPS) is 31.2. The zero-order chi connectivity index (χ0) is 34.9. The van der Waals surface area contributed by atoms with Crippen LogP contribution in [0.4, 0.5) is 0 Å². The fourth-order valence-electron chi connectivity index (χ4n) is 4.87. The zero-order valence-corrected chi connectivity index (χ0v) is 28.9. The van der Waals surface area contributed by atoms with Gasteiger partial charge in [-0.3, -0.25) is 28.8 Å². The summed E-state index contributed by atoms with van der Waals surface area (Å²) in [5.74, 6) is -4.61. The molecule has 2 aliphatic rings. The Kier molecular flexibility index (Phi) is 14.6. The molecule has 16 nitrogen and oxygen atoms in total. The van der Waals surface area contributed by atoms with Gasteiger partial charge in [0.1, 0.15) is 18.8 Å². The van der Waals surface area contributed by atoms with Gasteiger partial charge in [0.25, 0.3) is 0 Å². The van der Waals surface area contributed by atoms with Crippen molar-refractivity contribution in [2.24, 2.45) is 0 Å². The minimum absolute atomic E-state index is 0.281. The monoisotopic (exact) mass is 678 g/mol. The molecule has 0 unspecified atom stereocenters. The fourth-order valence-corrected chi connectivity index (χ4v) is 5.60. The van der Waals surface area contributed by atoms with Crippen molar-refractivity contribution < 1.29 is 76.1 Å². The summed E-state index contributed by atoms with van der Waals surface area (Å²) >= 11 is 0. The van der Waals surface area contributed by atoms with E-state index < -0.39 is 112 Å². The van der Waals surface area contributed by atoms with Crippen LogP contribution in [0.2, 0.25) is 25.7 Å². The van der Waals surface area contributed by atoms with Crippen LogP contribution in [0.5, 0.6) is 0 Å². The third-order valence-corrected chi connectivity index (χ3v) is 8.41. The Morgan fingerprint density at radius 2 is 1.00 bits per heavy atom. The first kappa shape index (κ1) is 39.1. The van der Waals surface area contributed by atoms with Crippen molar-refractivity contribution in [3.8, 4) is 0 Å². The van der Waals surface area contributed by atoms with E-state index in [1.165, 1.54) is 0 Å². The van der Waals surface area contributed by atoms with Crippen LogP contribution in [0.1, 0.15) is 48.5 Å². The van der Waals surface area contributed by atoms with Crippen LogP contribution in [-0.2, 0) is 76.1 Å². The molecule has 2 saturated heterocycles. The molecule has 0 aromatic rings. The van der Waals surface area contributed by atoms with Crippen LogP contribution >= 0.6 is 0 Å². The summed E-state index contributed by atoms with van der Waals surface area (Å²) in [7, 11) is -1.53. The summed E-state index contributed by atoms with van der Waals surface area (Å²) in [4.78, 5) is 72.7. The number of ether oxygens (including phenoxy) is 10. The molecule has 0 aliphatic carbocycles. The van der Waals surface area contributed by atoms with E-state index in [-0.39, 0.29) is 6.61 Å². The lowest BCUT2D eigenvalue weighted by molar-refractivity contribution is -0.357. The Balaban J connectivity index is 2.57. The van der Waals surface area contributed by atoms with Crippen LogP contribution < -0.4 is 0 Å². The lowest BCUT2D eigenvalue weighted by atomic mass is 9.96. The standard InChI is InChI=1S/C29H46O16Si/c1-14-22(24(40-17(4)32)26(42-19(6)34)28(38-14)36-11-12-46(8,9)10)45-29-27(43-20(7)35)25(41-18(5)33)23(39-16(3)31)21(44-29)13-37-15(2)30/h14,21-29H,11-13H2,1-10H3/t14-,21-,22+,23+,24+,25+,26-,27-,28-,29-/m1/s1. The second-order valence-corrected chi connectivity index (χ2v) is 17.8. The zero-order valence-electron chi connectivity index (χ0n) is 27.9. The minimum atomic E-state index is -1.61. The molecular weight excluding hydrogens is 632 g/mol. The van der Waals surface area contributed by atoms with Crippen molar-refractivity contribution in [1.29, 1.82) is 0 Å². The first-order valence-corrected chi connectivity index (χ1v) is 18.6. The van der Waals surface area contributed by atoms with Gasteiger partial charge in [-0.05, 0) is 13.0 Å². The van der Waals surface area contributed by atoms with Crippen molar-refractivity contribution >= 4 is 43.9 Å². The van der Waals surface area contributed by atoms with Gasteiger partial charge in [0.15, 0.2) is 43.1 Å². The third kappa shape index (κ3) is 12.2. The van der Waals surface area contributed by atoms with Crippen LogP contribution in [0.3, 0.4) is 0 Å². The van der Waals surface area contributed by atoms with E-state index in [4.69, 9.17) is 47.4 Å². The van der Waals surface area contributed by atoms with Gasteiger partial charge in [0, 0.05) is 56.2 Å². The molecule has 2 aliphatic heterocycles. The SMILES string of the molecule is CC(=O)OC[C@H]1O[C@H](O[C@@H]2[C@H](OC(C)=O)[C@@H](OC(C)=O)[C@H](OCC[Si](C)(C)C)O[C@@H]2C)[C@H](OC(C)=O)[C@@H](OC(C)=O)[C@H]1OC(C)=O. The van der Waals surface area contributed by atoms with Gasteiger partial charge >= 0.3 is 35.8 Å². The van der Waals surface area contributed by atoms with Gasteiger partial charge in [-0.2, -0.15) is 0 Å². The first-order chi connectivity index (χ1) is 21.3. The highest BCUT2D eigenvalue weighted by atomic mass is 28.3. The van der Waals surface area contributed by atoms with Gasteiger partial charge in [-0.15, -0.1) is 0 Å². The summed E-state index contributed by atoms with van der Waals surface area (Å²) in [5, 5.41) is 0. The molecule has 46 heavy (non-hydrogen) atoms. The molecule has 2 fully saturated rings. The molecule has 2 heterocycles. The van der Waals surface area contributed by atoms with E-state index in [2.05, 4.69) is 19.6 Å². The number of hydrogen-bond donors (Lipinski definition) is 0. The molecule has 0 bridgehead atoms. The molecule has 0 spiro atoms. The Morgan fingerprint density at radius 3 is 1.46 bits per heavy atom. The van der Waals surface area contributed by atoms with Crippen molar-refractivity contribution in [3.05, 3.63) is 0 Å². The van der Waals surface area contributed by atoms with Crippen molar-refractivity contribution in [1.82, 2.24) is 0 Å². The van der Waals surface area contributed by atoms with Crippen LogP contribution in [0.25, 0.3) is 0 Å². The van der Waals surface area contributed by atoms with Crippen LogP contribution in [-0.4, -0.2) is 119 Å². The molecule has 10 atom stereocenters. The summed E-state index contributed by atoms with van der Waals surface area (Å²) in [6, 6.07) is 0.761. The summed E-state index contributed by atoms with van der Waals surface area (Å²) in [5.41, 5.74) is 0. The predicted octanol–water partition coefficient (Wildman–Crippen LogP) is 1.42. The third-order valence-electron chi connectivity index (χ3n) is 6.71. The largest absolute Gasteiger partial charge is 0.463 e. The Labute approximate surface area is 268 Å². The molecule has 262 valence electrons. The van der Waals surface area contributed by atoms with Gasteiger partial charge in [-0.1, -0.05) is 19.6 Å². The Hall–Kier alpha value is -3.12. The smallest absolute Gasteiger partial charge is 0.303 e. The predicted molar refractivity (Wildman–Crippen MR) is 156 cm³/mol.